The summed E-state index contributed by atoms with van der Waals surface area (Å²) in [7, 11) is 1.60. The van der Waals surface area contributed by atoms with Gasteiger partial charge in [-0.15, -0.1) is 0 Å². The molecule has 1 aromatic carbocycles. The maximum Gasteiger partial charge on any atom is 0.224 e. The van der Waals surface area contributed by atoms with Crippen LogP contribution in [0.4, 0.5) is 0 Å². The van der Waals surface area contributed by atoms with Crippen molar-refractivity contribution >= 4 is 11.8 Å². The van der Waals surface area contributed by atoms with E-state index in [0.29, 0.717) is 19.0 Å². The summed E-state index contributed by atoms with van der Waals surface area (Å²) in [6, 6.07) is 7.07. The number of carbonyl (C=O) groups excluding carboxylic acids is 2. The Labute approximate surface area is 137 Å². The minimum absolute atomic E-state index is 0.0514. The van der Waals surface area contributed by atoms with Crippen LogP contribution < -0.4 is 15.8 Å². The zero-order valence-electron chi connectivity index (χ0n) is 13.7. The topological polar surface area (TPSA) is 84.7 Å². The highest BCUT2D eigenvalue weighted by atomic mass is 16.5. The fourth-order valence-electron chi connectivity index (χ4n) is 2.89. The van der Waals surface area contributed by atoms with Crippen molar-refractivity contribution in [2.75, 3.05) is 26.7 Å². The average molecular weight is 319 g/mol. The largest absolute Gasteiger partial charge is 0.497 e. The quantitative estimate of drug-likeness (QED) is 0.821. The van der Waals surface area contributed by atoms with E-state index in [-0.39, 0.29) is 24.3 Å². The highest BCUT2D eigenvalue weighted by molar-refractivity contribution is 5.79. The van der Waals surface area contributed by atoms with E-state index in [4.69, 9.17) is 10.5 Å². The van der Waals surface area contributed by atoms with Gasteiger partial charge in [0.05, 0.1) is 19.6 Å². The summed E-state index contributed by atoms with van der Waals surface area (Å²) in [5.74, 6) is 1.03. The van der Waals surface area contributed by atoms with Crippen molar-refractivity contribution in [3.05, 3.63) is 29.8 Å². The second-order valence-corrected chi connectivity index (χ2v) is 5.96. The van der Waals surface area contributed by atoms with Crippen molar-refractivity contribution in [2.45, 2.75) is 25.8 Å². The van der Waals surface area contributed by atoms with Crippen LogP contribution in [-0.2, 0) is 9.59 Å². The van der Waals surface area contributed by atoms with Crippen molar-refractivity contribution in [3.8, 4) is 5.75 Å². The monoisotopic (exact) mass is 319 g/mol. The Morgan fingerprint density at radius 1 is 1.39 bits per heavy atom. The Bertz CT molecular complexity index is 545. The zero-order valence-corrected chi connectivity index (χ0v) is 13.7. The second-order valence-electron chi connectivity index (χ2n) is 5.96. The molecular weight excluding hydrogens is 294 g/mol. The van der Waals surface area contributed by atoms with Gasteiger partial charge in [-0.25, -0.2) is 0 Å². The van der Waals surface area contributed by atoms with Gasteiger partial charge >= 0.3 is 0 Å². The standard InChI is InChI=1S/C17H25N3O3/c1-12(21)19-16(14-3-5-15(23-2)6-4-14)9-17(22)20-8-7-13(10-18)11-20/h3-6,13,16H,7-11,18H2,1-2H3,(H,19,21)/t13-,16+/m0/s1. The van der Waals surface area contributed by atoms with E-state index in [0.717, 1.165) is 24.3 Å². The molecule has 2 rings (SSSR count). The molecule has 1 aliphatic rings. The molecule has 0 radical (unpaired) electrons. The van der Waals surface area contributed by atoms with Crippen LogP contribution in [0.1, 0.15) is 31.4 Å². The number of nitrogens with two attached hydrogens (primary N) is 1. The van der Waals surface area contributed by atoms with Crippen LogP contribution >= 0.6 is 0 Å². The lowest BCUT2D eigenvalue weighted by atomic mass is 10.0. The summed E-state index contributed by atoms with van der Waals surface area (Å²) in [5.41, 5.74) is 6.57. The maximum atomic E-state index is 12.5. The van der Waals surface area contributed by atoms with Crippen LogP contribution in [0.2, 0.25) is 0 Å². The molecule has 0 spiro atoms. The van der Waals surface area contributed by atoms with Crippen LogP contribution in [0.15, 0.2) is 24.3 Å². The number of carbonyl (C=O) groups is 2. The minimum atomic E-state index is -0.331. The van der Waals surface area contributed by atoms with E-state index in [1.165, 1.54) is 6.92 Å². The SMILES string of the molecule is COc1ccc([C@@H](CC(=O)N2CC[C@@H](CN)C2)NC(C)=O)cc1. The van der Waals surface area contributed by atoms with Gasteiger partial charge in [-0.3, -0.25) is 9.59 Å². The van der Waals surface area contributed by atoms with Crippen LogP contribution in [0.3, 0.4) is 0 Å². The number of rotatable bonds is 6. The molecule has 1 heterocycles. The van der Waals surface area contributed by atoms with Crippen LogP contribution in [0.5, 0.6) is 5.75 Å². The number of hydrogen-bond acceptors (Lipinski definition) is 4. The number of ether oxygens (including phenoxy) is 1. The molecule has 2 amide bonds. The molecule has 0 bridgehead atoms. The van der Waals surface area contributed by atoms with Crippen molar-refractivity contribution in [3.63, 3.8) is 0 Å². The first-order valence-corrected chi connectivity index (χ1v) is 7.92. The molecule has 0 saturated carbocycles. The Balaban J connectivity index is 2.05. The van der Waals surface area contributed by atoms with Crippen molar-refractivity contribution in [1.29, 1.82) is 0 Å². The van der Waals surface area contributed by atoms with E-state index in [2.05, 4.69) is 5.32 Å². The molecule has 3 N–H and O–H groups in total. The van der Waals surface area contributed by atoms with E-state index >= 15 is 0 Å². The predicted molar refractivity (Wildman–Crippen MR) is 87.9 cm³/mol. The number of hydrogen-bond donors (Lipinski definition) is 2. The van der Waals surface area contributed by atoms with Gasteiger partial charge in [0.2, 0.25) is 11.8 Å². The second kappa shape index (κ2) is 7.97. The number of nitrogens with zero attached hydrogens (tertiary/aromatic N) is 1. The lowest BCUT2D eigenvalue weighted by Gasteiger charge is -2.22. The number of nitrogens with one attached hydrogen (secondary N) is 1. The number of benzene rings is 1. The first-order chi connectivity index (χ1) is 11.0. The summed E-state index contributed by atoms with van der Waals surface area (Å²) < 4.78 is 5.14. The molecule has 0 unspecified atom stereocenters. The van der Waals surface area contributed by atoms with Gasteiger partial charge in [0.1, 0.15) is 5.75 Å². The Morgan fingerprint density at radius 3 is 2.61 bits per heavy atom. The Hall–Kier alpha value is -2.08. The Morgan fingerprint density at radius 2 is 2.09 bits per heavy atom. The summed E-state index contributed by atoms with van der Waals surface area (Å²) in [6.07, 6.45) is 1.21. The van der Waals surface area contributed by atoms with E-state index in [1.54, 1.807) is 7.11 Å². The molecule has 23 heavy (non-hydrogen) atoms. The molecular formula is C17H25N3O3. The molecule has 0 aliphatic carbocycles. The van der Waals surface area contributed by atoms with Crippen LogP contribution in [0, 0.1) is 5.92 Å². The third-order valence-electron chi connectivity index (χ3n) is 4.25. The Kier molecular flexibility index (Phi) is 5.98. The van der Waals surface area contributed by atoms with Crippen molar-refractivity contribution in [1.82, 2.24) is 10.2 Å². The molecule has 6 nitrogen and oxygen atoms in total. The molecule has 1 aromatic rings. The third-order valence-corrected chi connectivity index (χ3v) is 4.25. The van der Waals surface area contributed by atoms with E-state index < -0.39 is 0 Å². The van der Waals surface area contributed by atoms with E-state index in [9.17, 15) is 9.59 Å². The molecule has 1 saturated heterocycles. The molecule has 2 atom stereocenters. The molecule has 1 aliphatic heterocycles. The maximum absolute atomic E-state index is 12.5. The van der Waals surface area contributed by atoms with Gasteiger partial charge in [0.15, 0.2) is 0 Å². The molecule has 126 valence electrons. The fraction of sp³-hybridized carbons (Fsp3) is 0.529. The first kappa shape index (κ1) is 17.3. The van der Waals surface area contributed by atoms with Crippen LogP contribution in [0.25, 0.3) is 0 Å². The van der Waals surface area contributed by atoms with Crippen molar-refractivity contribution < 1.29 is 14.3 Å². The summed E-state index contributed by atoms with van der Waals surface area (Å²) in [5, 5.41) is 2.86. The van der Waals surface area contributed by atoms with Gasteiger partial charge in [0.25, 0.3) is 0 Å². The van der Waals surface area contributed by atoms with E-state index in [1.807, 2.05) is 29.2 Å². The summed E-state index contributed by atoms with van der Waals surface area (Å²) in [4.78, 5) is 25.8. The predicted octanol–water partition coefficient (Wildman–Crippen LogP) is 1.07. The number of methoxy groups -OCH3 is 1. The fourth-order valence-corrected chi connectivity index (χ4v) is 2.89. The normalized spacial score (nSPS) is 18.6. The number of amides is 2. The average Bonchev–Trinajstić information content (AvgIpc) is 3.03. The molecule has 1 fully saturated rings. The lowest BCUT2D eigenvalue weighted by molar-refractivity contribution is -0.131. The smallest absolute Gasteiger partial charge is 0.224 e. The lowest BCUT2D eigenvalue weighted by Crippen LogP contribution is -2.35. The third kappa shape index (κ3) is 4.69. The van der Waals surface area contributed by atoms with Crippen LogP contribution in [-0.4, -0.2) is 43.5 Å². The first-order valence-electron chi connectivity index (χ1n) is 7.92. The molecule has 0 aromatic heterocycles. The minimum Gasteiger partial charge on any atom is -0.497 e. The zero-order chi connectivity index (χ0) is 16.8. The molecule has 6 heteroatoms. The highest BCUT2D eigenvalue weighted by Crippen LogP contribution is 2.23. The van der Waals surface area contributed by atoms with Gasteiger partial charge in [-0.05, 0) is 36.6 Å². The number of likely N-dealkylation sites (tertiary alicyclic amines) is 1. The van der Waals surface area contributed by atoms with Gasteiger partial charge < -0.3 is 20.7 Å². The van der Waals surface area contributed by atoms with Crippen molar-refractivity contribution in [2.24, 2.45) is 11.7 Å². The highest BCUT2D eigenvalue weighted by Gasteiger charge is 2.27. The summed E-state index contributed by atoms with van der Waals surface area (Å²) >= 11 is 0. The summed E-state index contributed by atoms with van der Waals surface area (Å²) in [6.45, 7) is 3.53. The van der Waals surface area contributed by atoms with Gasteiger partial charge in [-0.1, -0.05) is 12.1 Å². The van der Waals surface area contributed by atoms with Gasteiger partial charge in [0, 0.05) is 20.0 Å². The van der Waals surface area contributed by atoms with Gasteiger partial charge in [-0.2, -0.15) is 0 Å².